The number of nitrogens with zero attached hydrogens (tertiary/aromatic N) is 2. The van der Waals surface area contributed by atoms with E-state index in [9.17, 15) is 22.4 Å². The van der Waals surface area contributed by atoms with Crippen LogP contribution in [0.3, 0.4) is 0 Å². The van der Waals surface area contributed by atoms with E-state index in [1.807, 2.05) is 25.1 Å². The summed E-state index contributed by atoms with van der Waals surface area (Å²) in [7, 11) is 5.21. The SMILES string of the molecule is CNC(=O)c1cc(OCC#N)c(NCC#Cc2sc3c(NCCN(C)C)cccc3c2CC(F)(F)F)cc1F. The molecule has 1 amide bonds. The number of ether oxygens (including phenoxy) is 1. The second-order valence-corrected chi connectivity index (χ2v) is 9.64. The molecule has 206 valence electrons. The molecule has 0 atom stereocenters. The number of amides is 1. The Hall–Kier alpha value is -4.00. The predicted octanol–water partition coefficient (Wildman–Crippen LogP) is 4.84. The van der Waals surface area contributed by atoms with Gasteiger partial charge in [0.2, 0.25) is 0 Å². The Labute approximate surface area is 227 Å². The molecule has 0 saturated carbocycles. The van der Waals surface area contributed by atoms with Crippen molar-refractivity contribution in [3.05, 3.63) is 52.2 Å². The average Bonchev–Trinajstić information content (AvgIpc) is 3.21. The van der Waals surface area contributed by atoms with Crippen molar-refractivity contribution < 1.29 is 27.1 Å². The van der Waals surface area contributed by atoms with E-state index in [-0.39, 0.29) is 40.6 Å². The van der Waals surface area contributed by atoms with Crippen LogP contribution in [0.1, 0.15) is 20.8 Å². The van der Waals surface area contributed by atoms with Gasteiger partial charge < -0.3 is 25.6 Å². The molecule has 0 spiro atoms. The van der Waals surface area contributed by atoms with E-state index < -0.39 is 24.3 Å². The molecule has 0 aliphatic heterocycles. The molecule has 0 bridgehead atoms. The van der Waals surface area contributed by atoms with Crippen molar-refractivity contribution in [1.29, 1.82) is 5.26 Å². The topological polar surface area (TPSA) is 89.4 Å². The Bertz CT molecular complexity index is 1430. The van der Waals surface area contributed by atoms with E-state index in [4.69, 9.17) is 10.00 Å². The number of nitrogens with one attached hydrogen (secondary N) is 3. The number of alkyl halides is 3. The number of thiophene rings is 1. The van der Waals surface area contributed by atoms with Gasteiger partial charge in [0.25, 0.3) is 5.91 Å². The molecular formula is C27H27F4N5O2S. The number of hydrogen-bond donors (Lipinski definition) is 3. The molecule has 3 aromatic rings. The number of anilines is 2. The number of carbonyl (C=O) groups is 1. The number of likely N-dealkylation sites (N-methyl/N-ethyl adjacent to an activating group) is 1. The number of hydrogen-bond acceptors (Lipinski definition) is 7. The monoisotopic (exact) mass is 561 g/mol. The molecule has 0 unspecified atom stereocenters. The third-order valence-corrected chi connectivity index (χ3v) is 6.67. The van der Waals surface area contributed by atoms with E-state index in [2.05, 4.69) is 27.8 Å². The minimum absolute atomic E-state index is 0.0602. The van der Waals surface area contributed by atoms with Gasteiger partial charge in [-0.3, -0.25) is 4.79 Å². The number of halogens is 4. The molecule has 0 radical (unpaired) electrons. The Balaban J connectivity index is 1.90. The number of rotatable bonds is 10. The van der Waals surface area contributed by atoms with Crippen LogP contribution in [0.5, 0.6) is 5.75 Å². The fourth-order valence-electron chi connectivity index (χ4n) is 3.69. The highest BCUT2D eigenvalue weighted by Gasteiger charge is 2.31. The third kappa shape index (κ3) is 7.99. The van der Waals surface area contributed by atoms with Crippen LogP contribution in [0.15, 0.2) is 30.3 Å². The Morgan fingerprint density at radius 1 is 1.18 bits per heavy atom. The van der Waals surface area contributed by atoms with Gasteiger partial charge in [-0.25, -0.2) is 4.39 Å². The summed E-state index contributed by atoms with van der Waals surface area (Å²) < 4.78 is 60.8. The summed E-state index contributed by atoms with van der Waals surface area (Å²) in [5.74, 6) is 4.20. The van der Waals surface area contributed by atoms with Crippen LogP contribution in [0, 0.1) is 29.0 Å². The van der Waals surface area contributed by atoms with Gasteiger partial charge in [0, 0.05) is 26.2 Å². The lowest BCUT2D eigenvalue weighted by atomic mass is 10.1. The molecule has 0 saturated heterocycles. The van der Waals surface area contributed by atoms with Crippen LogP contribution >= 0.6 is 11.3 Å². The first-order valence-electron chi connectivity index (χ1n) is 11.8. The lowest BCUT2D eigenvalue weighted by Crippen LogP contribution is -2.20. The lowest BCUT2D eigenvalue weighted by Gasteiger charge is -2.12. The highest BCUT2D eigenvalue weighted by atomic mass is 32.1. The van der Waals surface area contributed by atoms with Gasteiger partial charge in [0.05, 0.1) is 39.5 Å². The summed E-state index contributed by atoms with van der Waals surface area (Å²) in [5.41, 5.74) is 0.716. The molecule has 1 heterocycles. The van der Waals surface area contributed by atoms with Crippen LogP contribution in [0.4, 0.5) is 28.9 Å². The van der Waals surface area contributed by atoms with Crippen molar-refractivity contribution in [3.63, 3.8) is 0 Å². The second kappa shape index (κ2) is 13.2. The summed E-state index contributed by atoms with van der Waals surface area (Å²) in [6, 6.07) is 9.20. The minimum Gasteiger partial charge on any atom is -0.477 e. The zero-order valence-corrected chi connectivity index (χ0v) is 22.4. The summed E-state index contributed by atoms with van der Waals surface area (Å²) in [6.07, 6.45) is -5.54. The molecule has 0 fully saturated rings. The fraction of sp³-hybridized carbons (Fsp3) is 0.333. The van der Waals surface area contributed by atoms with Gasteiger partial charge >= 0.3 is 6.18 Å². The quantitative estimate of drug-likeness (QED) is 0.243. The van der Waals surface area contributed by atoms with Crippen molar-refractivity contribution >= 4 is 38.7 Å². The number of benzene rings is 2. The molecule has 2 aromatic carbocycles. The molecule has 39 heavy (non-hydrogen) atoms. The Morgan fingerprint density at radius 2 is 1.95 bits per heavy atom. The highest BCUT2D eigenvalue weighted by Crippen LogP contribution is 2.39. The first-order chi connectivity index (χ1) is 18.5. The summed E-state index contributed by atoms with van der Waals surface area (Å²) in [4.78, 5) is 14.2. The van der Waals surface area contributed by atoms with Crippen LogP contribution < -0.4 is 20.7 Å². The minimum atomic E-state index is -4.42. The third-order valence-electron chi connectivity index (χ3n) is 5.47. The van der Waals surface area contributed by atoms with E-state index in [0.717, 1.165) is 18.3 Å². The maximum absolute atomic E-state index is 14.5. The molecule has 0 aliphatic rings. The fourth-order valence-corrected chi connectivity index (χ4v) is 4.88. The van der Waals surface area contributed by atoms with Gasteiger partial charge in [0.1, 0.15) is 17.6 Å². The molecule has 0 aliphatic carbocycles. The summed E-state index contributed by atoms with van der Waals surface area (Å²) in [5, 5.41) is 17.8. The van der Waals surface area contributed by atoms with Crippen molar-refractivity contribution in [2.24, 2.45) is 0 Å². The first-order valence-corrected chi connectivity index (χ1v) is 12.6. The number of fused-ring (bicyclic) bond motifs is 1. The van der Waals surface area contributed by atoms with Crippen LogP contribution in [0.2, 0.25) is 0 Å². The van der Waals surface area contributed by atoms with Crippen LogP contribution in [0.25, 0.3) is 10.1 Å². The molecular weight excluding hydrogens is 534 g/mol. The predicted molar refractivity (Wildman–Crippen MR) is 145 cm³/mol. The highest BCUT2D eigenvalue weighted by molar-refractivity contribution is 7.20. The molecule has 7 nitrogen and oxygen atoms in total. The maximum Gasteiger partial charge on any atom is 0.393 e. The lowest BCUT2D eigenvalue weighted by molar-refractivity contribution is -0.126. The largest absolute Gasteiger partial charge is 0.477 e. The van der Waals surface area contributed by atoms with Crippen molar-refractivity contribution in [2.45, 2.75) is 12.6 Å². The van der Waals surface area contributed by atoms with Gasteiger partial charge in [-0.05, 0) is 37.2 Å². The van der Waals surface area contributed by atoms with Gasteiger partial charge in [-0.1, -0.05) is 24.0 Å². The van der Waals surface area contributed by atoms with Gasteiger partial charge in [-0.15, -0.1) is 11.3 Å². The van der Waals surface area contributed by atoms with E-state index >= 15 is 0 Å². The second-order valence-electron chi connectivity index (χ2n) is 8.62. The maximum atomic E-state index is 14.5. The van der Waals surface area contributed by atoms with Gasteiger partial charge in [0.15, 0.2) is 6.61 Å². The van der Waals surface area contributed by atoms with Crippen molar-refractivity contribution in [2.75, 3.05) is 58.0 Å². The summed E-state index contributed by atoms with van der Waals surface area (Å²) >= 11 is 1.18. The molecule has 3 rings (SSSR count). The zero-order valence-electron chi connectivity index (χ0n) is 21.6. The van der Waals surface area contributed by atoms with Crippen LogP contribution in [-0.2, 0) is 6.42 Å². The van der Waals surface area contributed by atoms with Crippen LogP contribution in [-0.4, -0.2) is 64.4 Å². The standard InChI is InChI=1S/C27H27F4N5O2S/c1-33-26(37)18-14-23(38-13-9-32)22(15-20(18)28)34-10-5-8-24-19(16-27(29,30)31)17-6-4-7-21(25(17)39-24)35-11-12-36(2)3/h4,6-7,14-15,34-35H,10-13,16H2,1-3H3,(H,33,37). The molecule has 12 heteroatoms. The first kappa shape index (κ1) is 29.6. The normalized spacial score (nSPS) is 11.1. The van der Waals surface area contributed by atoms with E-state index in [0.29, 0.717) is 16.6 Å². The van der Waals surface area contributed by atoms with E-state index in [1.165, 1.54) is 24.5 Å². The number of carbonyl (C=O) groups excluding carboxylic acids is 1. The van der Waals surface area contributed by atoms with Gasteiger partial charge in [-0.2, -0.15) is 18.4 Å². The van der Waals surface area contributed by atoms with E-state index in [1.54, 1.807) is 18.2 Å². The van der Waals surface area contributed by atoms with Crippen molar-refractivity contribution in [3.8, 4) is 23.7 Å². The Morgan fingerprint density at radius 3 is 2.62 bits per heavy atom. The summed E-state index contributed by atoms with van der Waals surface area (Å²) in [6.45, 7) is 0.970. The zero-order chi connectivity index (χ0) is 28.6. The Kier molecular flexibility index (Phi) is 9.99. The molecule has 1 aromatic heterocycles. The molecule has 3 N–H and O–H groups in total. The average molecular weight is 562 g/mol. The van der Waals surface area contributed by atoms with Crippen molar-refractivity contribution in [1.82, 2.24) is 10.2 Å². The smallest absolute Gasteiger partial charge is 0.393 e. The number of nitriles is 1.